The summed E-state index contributed by atoms with van der Waals surface area (Å²) in [4.78, 5) is 37.2. The van der Waals surface area contributed by atoms with Crippen LogP contribution < -0.4 is 21.3 Å². The summed E-state index contributed by atoms with van der Waals surface area (Å²) in [7, 11) is 1.56. The van der Waals surface area contributed by atoms with Crippen molar-refractivity contribution in [1.29, 1.82) is 0 Å². The van der Waals surface area contributed by atoms with Gasteiger partial charge in [-0.05, 0) is 42.6 Å². The van der Waals surface area contributed by atoms with E-state index < -0.39 is 5.69 Å². The van der Waals surface area contributed by atoms with Crippen LogP contribution in [-0.2, 0) is 17.9 Å². The molecular formula is C17H17N3O4S. The third-order valence-electron chi connectivity index (χ3n) is 3.83. The van der Waals surface area contributed by atoms with Gasteiger partial charge in [-0.2, -0.15) is 0 Å². The molecule has 1 aromatic carbocycles. The molecule has 0 radical (unpaired) electrons. The number of nitrogens with zero attached hydrogens (tertiary/aromatic N) is 2. The fourth-order valence-corrected chi connectivity index (χ4v) is 3.43. The van der Waals surface area contributed by atoms with E-state index in [1.54, 1.807) is 49.7 Å². The van der Waals surface area contributed by atoms with Gasteiger partial charge >= 0.3 is 5.69 Å². The van der Waals surface area contributed by atoms with Gasteiger partial charge in [0.25, 0.3) is 5.56 Å². The van der Waals surface area contributed by atoms with Crippen LogP contribution in [0.4, 0.5) is 5.69 Å². The molecule has 0 bridgehead atoms. The van der Waals surface area contributed by atoms with Gasteiger partial charge in [-0.15, -0.1) is 11.3 Å². The molecule has 8 heteroatoms. The lowest BCUT2D eigenvalue weighted by Gasteiger charge is -2.11. The van der Waals surface area contributed by atoms with Crippen LogP contribution in [0.2, 0.25) is 0 Å². The van der Waals surface area contributed by atoms with Gasteiger partial charge in [0.2, 0.25) is 5.91 Å². The fraction of sp³-hybridized carbons (Fsp3) is 0.235. The Morgan fingerprint density at radius 3 is 2.52 bits per heavy atom. The molecule has 0 fully saturated rings. The molecule has 0 spiro atoms. The monoisotopic (exact) mass is 359 g/mol. The van der Waals surface area contributed by atoms with Gasteiger partial charge in [0.15, 0.2) is 0 Å². The molecule has 1 N–H and O–H groups in total. The normalized spacial score (nSPS) is 10.8. The van der Waals surface area contributed by atoms with Crippen LogP contribution >= 0.6 is 11.3 Å². The number of fused-ring (bicyclic) bond motifs is 1. The largest absolute Gasteiger partial charge is 0.497 e. The highest BCUT2D eigenvalue weighted by atomic mass is 32.1. The molecule has 0 aliphatic rings. The Labute approximate surface area is 147 Å². The topological polar surface area (TPSA) is 82.3 Å². The number of ether oxygens (including phenoxy) is 1. The van der Waals surface area contributed by atoms with Crippen LogP contribution in [0.25, 0.3) is 10.2 Å². The molecule has 2 aromatic heterocycles. The van der Waals surface area contributed by atoms with E-state index in [0.29, 0.717) is 21.7 Å². The summed E-state index contributed by atoms with van der Waals surface area (Å²) < 4.78 is 8.01. The van der Waals surface area contributed by atoms with E-state index in [2.05, 4.69) is 5.32 Å². The van der Waals surface area contributed by atoms with E-state index in [9.17, 15) is 14.4 Å². The number of methoxy groups -OCH3 is 1. The van der Waals surface area contributed by atoms with Gasteiger partial charge in [-0.3, -0.25) is 18.7 Å². The Morgan fingerprint density at radius 2 is 1.88 bits per heavy atom. The average molecular weight is 359 g/mol. The first-order valence-corrected chi connectivity index (χ1v) is 8.58. The third kappa shape index (κ3) is 3.20. The van der Waals surface area contributed by atoms with Gasteiger partial charge in [0.1, 0.15) is 17.0 Å². The van der Waals surface area contributed by atoms with Crippen molar-refractivity contribution in [3.63, 3.8) is 0 Å². The predicted molar refractivity (Wildman–Crippen MR) is 97.6 cm³/mol. The van der Waals surface area contributed by atoms with Crippen molar-refractivity contribution in [3.05, 3.63) is 56.5 Å². The summed E-state index contributed by atoms with van der Waals surface area (Å²) in [6.45, 7) is 1.81. The highest BCUT2D eigenvalue weighted by Crippen LogP contribution is 2.17. The van der Waals surface area contributed by atoms with Crippen LogP contribution in [0.1, 0.15) is 6.92 Å². The maximum absolute atomic E-state index is 12.5. The number of hydrogen-bond donors (Lipinski definition) is 1. The summed E-state index contributed by atoms with van der Waals surface area (Å²) in [6, 6.07) is 8.58. The Balaban J connectivity index is 1.91. The summed E-state index contributed by atoms with van der Waals surface area (Å²) >= 11 is 1.26. The highest BCUT2D eigenvalue weighted by Gasteiger charge is 2.15. The van der Waals surface area contributed by atoms with Crippen molar-refractivity contribution < 1.29 is 9.53 Å². The molecule has 0 aliphatic carbocycles. The van der Waals surface area contributed by atoms with Crippen molar-refractivity contribution in [3.8, 4) is 5.75 Å². The Bertz CT molecular complexity index is 1030. The Kier molecular flexibility index (Phi) is 4.71. The molecule has 0 unspecified atom stereocenters. The van der Waals surface area contributed by atoms with E-state index in [-0.39, 0.29) is 24.6 Å². The predicted octanol–water partition coefficient (Wildman–Crippen LogP) is 1.89. The second-order valence-corrected chi connectivity index (χ2v) is 6.25. The van der Waals surface area contributed by atoms with Crippen molar-refractivity contribution in [2.24, 2.45) is 0 Å². The summed E-state index contributed by atoms with van der Waals surface area (Å²) in [6.07, 6.45) is 0. The zero-order valence-electron chi connectivity index (χ0n) is 13.8. The van der Waals surface area contributed by atoms with Crippen LogP contribution in [-0.4, -0.2) is 22.2 Å². The van der Waals surface area contributed by atoms with E-state index in [0.717, 1.165) is 4.57 Å². The van der Waals surface area contributed by atoms with E-state index in [1.165, 1.54) is 15.9 Å². The summed E-state index contributed by atoms with van der Waals surface area (Å²) in [5.74, 6) is 0.338. The third-order valence-corrected chi connectivity index (χ3v) is 4.72. The first kappa shape index (κ1) is 17.0. The number of rotatable bonds is 5. The molecule has 1 amide bonds. The molecule has 0 saturated carbocycles. The maximum atomic E-state index is 12.5. The van der Waals surface area contributed by atoms with Gasteiger partial charge in [-0.25, -0.2) is 4.79 Å². The van der Waals surface area contributed by atoms with Gasteiger partial charge in [0.05, 0.1) is 12.6 Å². The average Bonchev–Trinajstić information content (AvgIpc) is 3.10. The summed E-state index contributed by atoms with van der Waals surface area (Å²) in [5.41, 5.74) is 0.284. The number of benzene rings is 1. The number of thiophene rings is 1. The lowest BCUT2D eigenvalue weighted by Crippen LogP contribution is -2.40. The number of amides is 1. The minimum atomic E-state index is -0.483. The first-order chi connectivity index (χ1) is 12.0. The van der Waals surface area contributed by atoms with Crippen LogP contribution in [0, 0.1) is 0 Å². The minimum Gasteiger partial charge on any atom is -0.497 e. The molecule has 25 heavy (non-hydrogen) atoms. The second kappa shape index (κ2) is 6.94. The molecule has 2 heterocycles. The van der Waals surface area contributed by atoms with Crippen LogP contribution in [0.3, 0.4) is 0 Å². The van der Waals surface area contributed by atoms with Gasteiger partial charge in [-0.1, -0.05) is 0 Å². The minimum absolute atomic E-state index is 0.168. The van der Waals surface area contributed by atoms with Crippen molar-refractivity contribution in [2.45, 2.75) is 20.0 Å². The Morgan fingerprint density at radius 1 is 1.16 bits per heavy atom. The lowest BCUT2D eigenvalue weighted by atomic mass is 10.3. The Hall–Kier alpha value is -2.87. The van der Waals surface area contributed by atoms with Crippen molar-refractivity contribution in [2.75, 3.05) is 12.4 Å². The SMILES string of the molecule is CCn1c(=O)c2sccc2n(CC(=O)Nc2ccc(OC)cc2)c1=O. The molecule has 7 nitrogen and oxygen atoms in total. The first-order valence-electron chi connectivity index (χ1n) is 7.70. The lowest BCUT2D eigenvalue weighted by molar-refractivity contribution is -0.116. The van der Waals surface area contributed by atoms with E-state index in [4.69, 9.17) is 4.74 Å². The molecule has 0 atom stereocenters. The number of carbonyl (C=O) groups excluding carboxylic acids is 1. The number of carbonyl (C=O) groups is 1. The molecule has 0 aliphatic heterocycles. The molecule has 3 aromatic rings. The standard InChI is InChI=1S/C17H17N3O4S/c1-3-19-16(22)15-13(8-9-25-15)20(17(19)23)10-14(21)18-11-4-6-12(24-2)7-5-11/h4-9H,3,10H2,1-2H3,(H,18,21). The van der Waals surface area contributed by atoms with Crippen molar-refractivity contribution >= 4 is 33.1 Å². The number of hydrogen-bond acceptors (Lipinski definition) is 5. The van der Waals surface area contributed by atoms with Crippen molar-refractivity contribution in [1.82, 2.24) is 9.13 Å². The van der Waals surface area contributed by atoms with Gasteiger partial charge in [0, 0.05) is 12.2 Å². The van der Waals surface area contributed by atoms with Gasteiger partial charge < -0.3 is 10.1 Å². The maximum Gasteiger partial charge on any atom is 0.331 e. The zero-order chi connectivity index (χ0) is 18.0. The quantitative estimate of drug-likeness (QED) is 0.754. The van der Waals surface area contributed by atoms with E-state index >= 15 is 0 Å². The summed E-state index contributed by atoms with van der Waals surface area (Å²) in [5, 5.41) is 4.48. The second-order valence-electron chi connectivity index (χ2n) is 5.33. The van der Waals surface area contributed by atoms with Crippen LogP contribution in [0.5, 0.6) is 5.75 Å². The molecular weight excluding hydrogens is 342 g/mol. The molecule has 130 valence electrons. The molecule has 3 rings (SSSR count). The van der Waals surface area contributed by atoms with E-state index in [1.807, 2.05) is 0 Å². The fourth-order valence-electron chi connectivity index (χ4n) is 2.58. The number of aromatic nitrogens is 2. The smallest absolute Gasteiger partial charge is 0.331 e. The highest BCUT2D eigenvalue weighted by molar-refractivity contribution is 7.17. The number of anilines is 1. The van der Waals surface area contributed by atoms with Crippen LogP contribution in [0.15, 0.2) is 45.3 Å². The zero-order valence-corrected chi connectivity index (χ0v) is 14.6. The molecule has 0 saturated heterocycles. The number of nitrogens with one attached hydrogen (secondary N) is 1.